The van der Waals surface area contributed by atoms with Gasteiger partial charge in [-0.3, -0.25) is 0 Å². The van der Waals surface area contributed by atoms with Crippen LogP contribution in [0.15, 0.2) is 24.4 Å². The fourth-order valence-electron chi connectivity index (χ4n) is 2.89. The lowest BCUT2D eigenvalue weighted by Gasteiger charge is -2.34. The second-order valence-corrected chi connectivity index (χ2v) is 7.38. The maximum Gasteiger partial charge on any atom is 0.433 e. The average molecular weight is 493 g/mol. The van der Waals surface area contributed by atoms with Gasteiger partial charge in [0.2, 0.25) is 0 Å². The zero-order chi connectivity index (χ0) is 23.3. The van der Waals surface area contributed by atoms with Gasteiger partial charge in [0.25, 0.3) is 0 Å². The van der Waals surface area contributed by atoms with Crippen LogP contribution in [-0.4, -0.2) is 66.6 Å². The van der Waals surface area contributed by atoms with Gasteiger partial charge in [-0.25, -0.2) is 4.98 Å². The van der Waals surface area contributed by atoms with E-state index in [4.69, 9.17) is 42.8 Å². The molecule has 0 spiro atoms. The highest BCUT2D eigenvalue weighted by molar-refractivity contribution is 7.80. The zero-order valence-corrected chi connectivity index (χ0v) is 18.7. The molecule has 3 rings (SSSR count). The van der Waals surface area contributed by atoms with Crippen molar-refractivity contribution in [3.05, 3.63) is 35.1 Å². The number of nitrogens with one attached hydrogen (secondary N) is 1. The summed E-state index contributed by atoms with van der Waals surface area (Å²) in [4.78, 5) is 8.94. The number of morpholine rings is 1. The number of hydrogen-bond acceptors (Lipinski definition) is 7. The first-order valence-electron chi connectivity index (χ1n) is 9.33. The molecule has 0 bridgehead atoms. The van der Waals surface area contributed by atoms with Gasteiger partial charge in [0.05, 0.1) is 31.5 Å². The molecular weight excluding hydrogens is 473 g/mol. The molecule has 0 aliphatic carbocycles. The number of methoxy groups -OCH3 is 2. The number of hydrogen-bond donors (Lipinski definition) is 1. The third-order valence-electron chi connectivity index (χ3n) is 4.46. The summed E-state index contributed by atoms with van der Waals surface area (Å²) in [5.74, 6) is 0.931. The van der Waals surface area contributed by atoms with Crippen LogP contribution in [0.5, 0.6) is 17.5 Å². The highest BCUT2D eigenvalue weighted by atomic mass is 35.5. The molecule has 0 radical (unpaired) electrons. The smallest absolute Gasteiger partial charge is 0.433 e. The number of thiocarbonyl (C=S) groups is 1. The van der Waals surface area contributed by atoms with Crippen LogP contribution in [-0.2, 0) is 10.9 Å². The second kappa shape index (κ2) is 10.4. The van der Waals surface area contributed by atoms with Gasteiger partial charge in [-0.15, -0.1) is 0 Å². The first kappa shape index (κ1) is 24.1. The van der Waals surface area contributed by atoms with Crippen molar-refractivity contribution in [2.45, 2.75) is 12.3 Å². The summed E-state index contributed by atoms with van der Waals surface area (Å²) in [7, 11) is 3.00. The van der Waals surface area contributed by atoms with Crippen molar-refractivity contribution < 1.29 is 32.1 Å². The van der Waals surface area contributed by atoms with E-state index in [0.717, 1.165) is 12.3 Å². The van der Waals surface area contributed by atoms with Crippen molar-refractivity contribution in [2.75, 3.05) is 45.8 Å². The Kier molecular flexibility index (Phi) is 7.80. The molecular formula is C19H20ClF3N4O4S. The number of halogens is 4. The summed E-state index contributed by atoms with van der Waals surface area (Å²) in [5, 5.41) is 3.89. The SMILES string of the molecule is COc1cc(NC(=S)N2CCOC(COc3nccc(C(F)(F)F)n3)C2)c(OC)cc1Cl. The maximum atomic E-state index is 12.8. The number of nitrogens with zero attached hydrogens (tertiary/aromatic N) is 3. The number of anilines is 1. The number of benzene rings is 1. The quantitative estimate of drug-likeness (QED) is 0.608. The van der Waals surface area contributed by atoms with E-state index < -0.39 is 18.0 Å². The summed E-state index contributed by atoms with van der Waals surface area (Å²) < 4.78 is 59.9. The van der Waals surface area contributed by atoms with Gasteiger partial charge in [0, 0.05) is 31.4 Å². The monoisotopic (exact) mass is 492 g/mol. The minimum absolute atomic E-state index is 0.0431. The molecule has 0 saturated carbocycles. The van der Waals surface area contributed by atoms with E-state index in [1.807, 2.05) is 4.90 Å². The minimum Gasteiger partial charge on any atom is -0.495 e. The highest BCUT2D eigenvalue weighted by Gasteiger charge is 2.33. The molecule has 1 saturated heterocycles. The molecule has 1 aromatic carbocycles. The van der Waals surface area contributed by atoms with Gasteiger partial charge in [0.1, 0.15) is 24.2 Å². The van der Waals surface area contributed by atoms with Gasteiger partial charge in [-0.1, -0.05) is 11.6 Å². The van der Waals surface area contributed by atoms with E-state index in [-0.39, 0.29) is 12.6 Å². The molecule has 1 aliphatic heterocycles. The summed E-state index contributed by atoms with van der Waals surface area (Å²) in [6.07, 6.45) is -4.04. The van der Waals surface area contributed by atoms with Crippen molar-refractivity contribution in [1.82, 2.24) is 14.9 Å². The molecule has 2 aromatic rings. The summed E-state index contributed by atoms with van der Waals surface area (Å²) in [6.45, 7) is 1.16. The van der Waals surface area contributed by atoms with E-state index in [2.05, 4.69) is 15.3 Å². The third-order valence-corrected chi connectivity index (χ3v) is 5.12. The molecule has 1 atom stereocenters. The molecule has 0 amide bonds. The molecule has 1 N–H and O–H groups in total. The van der Waals surface area contributed by atoms with Crippen molar-refractivity contribution in [3.8, 4) is 17.5 Å². The molecule has 174 valence electrons. The Balaban J connectivity index is 1.61. The average Bonchev–Trinajstić information content (AvgIpc) is 2.78. The van der Waals surface area contributed by atoms with Crippen LogP contribution >= 0.6 is 23.8 Å². The number of aromatic nitrogens is 2. The lowest BCUT2D eigenvalue weighted by Crippen LogP contribution is -2.49. The van der Waals surface area contributed by atoms with E-state index in [1.165, 1.54) is 14.2 Å². The lowest BCUT2D eigenvalue weighted by molar-refractivity contribution is -0.141. The van der Waals surface area contributed by atoms with E-state index in [0.29, 0.717) is 47.0 Å². The fraction of sp³-hybridized carbons (Fsp3) is 0.421. The maximum absolute atomic E-state index is 12.8. The van der Waals surface area contributed by atoms with Gasteiger partial charge >= 0.3 is 12.2 Å². The standard InChI is InChI=1S/C19H20ClF3N4O4S/c1-28-14-8-13(15(29-2)7-12(14)20)25-18(32)27-5-6-30-11(9-27)10-31-17-24-4-3-16(26-17)19(21,22)23/h3-4,7-8,11H,5-6,9-10H2,1-2H3,(H,25,32). The largest absolute Gasteiger partial charge is 0.495 e. The first-order valence-corrected chi connectivity index (χ1v) is 10.1. The molecule has 1 aliphatic rings. The van der Waals surface area contributed by atoms with Crippen molar-refractivity contribution >= 4 is 34.6 Å². The van der Waals surface area contributed by atoms with E-state index in [1.54, 1.807) is 12.1 Å². The molecule has 13 heteroatoms. The third kappa shape index (κ3) is 6.02. The minimum atomic E-state index is -4.58. The molecule has 1 unspecified atom stereocenters. The Morgan fingerprint density at radius 1 is 1.31 bits per heavy atom. The fourth-order valence-corrected chi connectivity index (χ4v) is 3.40. The van der Waals surface area contributed by atoms with Gasteiger partial charge in [-0.2, -0.15) is 18.2 Å². The van der Waals surface area contributed by atoms with Crippen LogP contribution in [0, 0.1) is 0 Å². The highest BCUT2D eigenvalue weighted by Crippen LogP contribution is 2.36. The second-order valence-electron chi connectivity index (χ2n) is 6.59. The molecule has 32 heavy (non-hydrogen) atoms. The molecule has 8 nitrogen and oxygen atoms in total. The Bertz CT molecular complexity index is 967. The Morgan fingerprint density at radius 2 is 2.06 bits per heavy atom. The van der Waals surface area contributed by atoms with Crippen molar-refractivity contribution in [1.29, 1.82) is 0 Å². The van der Waals surface area contributed by atoms with Crippen molar-refractivity contribution in [3.63, 3.8) is 0 Å². The van der Waals surface area contributed by atoms with Crippen molar-refractivity contribution in [2.24, 2.45) is 0 Å². The van der Waals surface area contributed by atoms with Crippen LogP contribution in [0.3, 0.4) is 0 Å². The van der Waals surface area contributed by atoms with Crippen LogP contribution in [0.2, 0.25) is 5.02 Å². The number of rotatable bonds is 6. The lowest BCUT2D eigenvalue weighted by atomic mass is 10.2. The summed E-state index contributed by atoms with van der Waals surface area (Å²) in [5.41, 5.74) is -0.512. The molecule has 1 fully saturated rings. The predicted octanol–water partition coefficient (Wildman–Crippen LogP) is 3.64. The van der Waals surface area contributed by atoms with E-state index in [9.17, 15) is 13.2 Å². The normalized spacial score (nSPS) is 16.4. The molecule has 1 aromatic heterocycles. The van der Waals surface area contributed by atoms with Gasteiger partial charge in [0.15, 0.2) is 10.8 Å². The summed E-state index contributed by atoms with van der Waals surface area (Å²) >= 11 is 11.6. The Labute approximate surface area is 192 Å². The van der Waals surface area contributed by atoms with Crippen LogP contribution in [0.1, 0.15) is 5.69 Å². The van der Waals surface area contributed by atoms with Gasteiger partial charge < -0.3 is 29.2 Å². The molecule has 2 heterocycles. The topological polar surface area (TPSA) is 78.0 Å². The van der Waals surface area contributed by atoms with Gasteiger partial charge in [-0.05, 0) is 18.3 Å². The first-order chi connectivity index (χ1) is 15.2. The summed E-state index contributed by atoms with van der Waals surface area (Å²) in [6, 6.07) is 3.67. The van der Waals surface area contributed by atoms with Crippen LogP contribution in [0.25, 0.3) is 0 Å². The van der Waals surface area contributed by atoms with Crippen LogP contribution in [0.4, 0.5) is 18.9 Å². The predicted molar refractivity (Wildman–Crippen MR) is 115 cm³/mol. The number of alkyl halides is 3. The Morgan fingerprint density at radius 3 is 2.75 bits per heavy atom. The van der Waals surface area contributed by atoms with Crippen LogP contribution < -0.4 is 19.5 Å². The number of ether oxygens (including phenoxy) is 4. The van der Waals surface area contributed by atoms with E-state index >= 15 is 0 Å². The zero-order valence-electron chi connectivity index (χ0n) is 17.1. The Hall–Kier alpha value is -2.57.